The molecule has 0 fully saturated rings. The molecular formula is C25H25BrClN5O. The van der Waals surface area contributed by atoms with Gasteiger partial charge in [0.05, 0.1) is 38.8 Å². The van der Waals surface area contributed by atoms with Gasteiger partial charge in [0.15, 0.2) is 0 Å². The van der Waals surface area contributed by atoms with Gasteiger partial charge in [0.25, 0.3) is 0 Å². The fraction of sp³-hybridized carbons (Fsp3) is 0.280. The fourth-order valence-corrected chi connectivity index (χ4v) is 4.17. The van der Waals surface area contributed by atoms with Crippen LogP contribution in [-0.4, -0.2) is 26.5 Å². The molecule has 33 heavy (non-hydrogen) atoms. The Kier molecular flexibility index (Phi) is 7.10. The summed E-state index contributed by atoms with van der Waals surface area (Å²) in [5.74, 6) is 1.81. The SMILES string of the molecule is CC1=CC(OCc2cccc(C)n2)=C(Br)CN1c1cc(-c2ccnc(C(C)C)n2)ncc1Cl. The lowest BCUT2D eigenvalue weighted by Crippen LogP contribution is -2.27. The number of hydrogen-bond acceptors (Lipinski definition) is 6. The average Bonchev–Trinajstić information content (AvgIpc) is 2.80. The van der Waals surface area contributed by atoms with Gasteiger partial charge in [0.2, 0.25) is 0 Å². The first-order valence-corrected chi connectivity index (χ1v) is 11.9. The van der Waals surface area contributed by atoms with Crippen molar-refractivity contribution in [3.63, 3.8) is 0 Å². The van der Waals surface area contributed by atoms with E-state index in [1.54, 1.807) is 12.4 Å². The lowest BCUT2D eigenvalue weighted by Gasteiger charge is -2.30. The minimum atomic E-state index is 0.235. The van der Waals surface area contributed by atoms with Gasteiger partial charge in [-0.2, -0.15) is 0 Å². The molecule has 0 unspecified atom stereocenters. The van der Waals surface area contributed by atoms with Crippen molar-refractivity contribution in [1.29, 1.82) is 0 Å². The van der Waals surface area contributed by atoms with Crippen molar-refractivity contribution in [2.45, 2.75) is 40.2 Å². The smallest absolute Gasteiger partial charge is 0.133 e. The van der Waals surface area contributed by atoms with Crippen LogP contribution in [0, 0.1) is 6.92 Å². The molecule has 0 radical (unpaired) electrons. The van der Waals surface area contributed by atoms with Gasteiger partial charge in [0, 0.05) is 35.8 Å². The highest BCUT2D eigenvalue weighted by Gasteiger charge is 2.22. The van der Waals surface area contributed by atoms with E-state index in [2.05, 4.69) is 54.6 Å². The van der Waals surface area contributed by atoms with Crippen LogP contribution in [0.2, 0.25) is 5.02 Å². The minimum absolute atomic E-state index is 0.235. The van der Waals surface area contributed by atoms with Crippen molar-refractivity contribution in [3.8, 4) is 11.4 Å². The van der Waals surface area contributed by atoms with E-state index in [9.17, 15) is 0 Å². The summed E-state index contributed by atoms with van der Waals surface area (Å²) in [6.07, 6.45) is 5.44. The molecule has 1 aliphatic rings. The number of rotatable bonds is 6. The summed E-state index contributed by atoms with van der Waals surface area (Å²) in [6.45, 7) is 9.14. The van der Waals surface area contributed by atoms with Crippen molar-refractivity contribution >= 4 is 33.2 Å². The van der Waals surface area contributed by atoms with Crippen LogP contribution in [0.25, 0.3) is 11.4 Å². The first-order valence-electron chi connectivity index (χ1n) is 10.7. The van der Waals surface area contributed by atoms with E-state index in [-0.39, 0.29) is 5.92 Å². The van der Waals surface area contributed by atoms with Crippen LogP contribution in [0.4, 0.5) is 5.69 Å². The molecular weight excluding hydrogens is 502 g/mol. The molecule has 0 N–H and O–H groups in total. The summed E-state index contributed by atoms with van der Waals surface area (Å²) in [6, 6.07) is 9.75. The molecule has 3 aromatic rings. The first kappa shape index (κ1) is 23.4. The lowest BCUT2D eigenvalue weighted by atomic mass is 10.1. The van der Waals surface area contributed by atoms with E-state index in [1.165, 1.54) is 0 Å². The van der Waals surface area contributed by atoms with Crippen LogP contribution in [0.15, 0.2) is 64.7 Å². The fourth-order valence-electron chi connectivity index (χ4n) is 3.48. The predicted octanol–water partition coefficient (Wildman–Crippen LogP) is 6.57. The number of aromatic nitrogens is 4. The molecule has 0 aromatic carbocycles. The zero-order valence-electron chi connectivity index (χ0n) is 19.0. The highest BCUT2D eigenvalue weighted by Crippen LogP contribution is 2.36. The van der Waals surface area contributed by atoms with Crippen molar-refractivity contribution in [2.75, 3.05) is 11.4 Å². The zero-order valence-corrected chi connectivity index (χ0v) is 21.4. The molecule has 0 amide bonds. The molecule has 0 saturated carbocycles. The van der Waals surface area contributed by atoms with E-state index < -0.39 is 0 Å². The van der Waals surface area contributed by atoms with Crippen LogP contribution < -0.4 is 4.90 Å². The second kappa shape index (κ2) is 10.0. The molecule has 8 heteroatoms. The third-order valence-electron chi connectivity index (χ3n) is 5.23. The summed E-state index contributed by atoms with van der Waals surface area (Å²) in [4.78, 5) is 20.2. The second-order valence-electron chi connectivity index (χ2n) is 8.18. The Balaban J connectivity index is 1.57. The molecule has 4 heterocycles. The Bertz CT molecular complexity index is 1240. The van der Waals surface area contributed by atoms with Gasteiger partial charge in [-0.25, -0.2) is 9.97 Å². The highest BCUT2D eigenvalue weighted by atomic mass is 79.9. The van der Waals surface area contributed by atoms with Crippen molar-refractivity contribution in [3.05, 3.63) is 87.0 Å². The summed E-state index contributed by atoms with van der Waals surface area (Å²) in [7, 11) is 0. The summed E-state index contributed by atoms with van der Waals surface area (Å²) >= 11 is 10.3. The number of anilines is 1. The van der Waals surface area contributed by atoms with Gasteiger partial charge in [-0.05, 0) is 54.0 Å². The largest absolute Gasteiger partial charge is 0.486 e. The Morgan fingerprint density at radius 3 is 2.70 bits per heavy atom. The van der Waals surface area contributed by atoms with E-state index in [0.29, 0.717) is 18.2 Å². The van der Waals surface area contributed by atoms with Crippen molar-refractivity contribution in [2.24, 2.45) is 0 Å². The van der Waals surface area contributed by atoms with Gasteiger partial charge in [-0.1, -0.05) is 31.5 Å². The monoisotopic (exact) mass is 525 g/mol. The molecule has 6 nitrogen and oxygen atoms in total. The third kappa shape index (κ3) is 5.42. The van der Waals surface area contributed by atoms with Gasteiger partial charge in [-0.3, -0.25) is 9.97 Å². The maximum atomic E-state index is 6.57. The number of ether oxygens (including phenoxy) is 1. The van der Waals surface area contributed by atoms with Crippen molar-refractivity contribution in [1.82, 2.24) is 19.9 Å². The van der Waals surface area contributed by atoms with Crippen LogP contribution in [0.1, 0.15) is 43.9 Å². The molecule has 0 atom stereocenters. The van der Waals surface area contributed by atoms with Crippen LogP contribution >= 0.6 is 27.5 Å². The Labute approximate surface area is 207 Å². The number of aryl methyl sites for hydroxylation is 1. The van der Waals surface area contributed by atoms with Crippen LogP contribution in [0.5, 0.6) is 0 Å². The molecule has 0 saturated heterocycles. The number of halogens is 2. The normalized spacial score (nSPS) is 14.0. The first-order chi connectivity index (χ1) is 15.8. The quantitative estimate of drug-likeness (QED) is 0.362. The number of allylic oxidation sites excluding steroid dienone is 2. The molecule has 170 valence electrons. The minimum Gasteiger partial charge on any atom is -0.486 e. The lowest BCUT2D eigenvalue weighted by molar-refractivity contribution is 0.204. The Morgan fingerprint density at radius 1 is 1.12 bits per heavy atom. The molecule has 0 bridgehead atoms. The standard InChI is InChI=1S/C25H25BrClN5O/c1-15(2)25-28-9-8-21(31-25)22-11-23(20(27)12-29-22)32-13-19(26)24(10-17(32)4)33-14-18-7-5-6-16(3)30-18/h5-12,15H,13-14H2,1-4H3. The second-order valence-corrected chi connectivity index (χ2v) is 9.54. The van der Waals surface area contributed by atoms with Gasteiger partial charge in [0.1, 0.15) is 18.2 Å². The molecule has 0 spiro atoms. The van der Waals surface area contributed by atoms with Gasteiger partial charge in [-0.15, -0.1) is 0 Å². The maximum absolute atomic E-state index is 6.57. The van der Waals surface area contributed by atoms with Crippen LogP contribution in [-0.2, 0) is 11.3 Å². The topological polar surface area (TPSA) is 64.0 Å². The summed E-state index contributed by atoms with van der Waals surface area (Å²) < 4.78 is 6.98. The number of nitrogens with zero attached hydrogens (tertiary/aromatic N) is 5. The average molecular weight is 527 g/mol. The zero-order chi connectivity index (χ0) is 23.5. The molecule has 4 rings (SSSR count). The van der Waals surface area contributed by atoms with E-state index in [0.717, 1.165) is 50.2 Å². The Hall–Kier alpha value is -2.77. The predicted molar refractivity (Wildman–Crippen MR) is 135 cm³/mol. The molecule has 3 aromatic heterocycles. The summed E-state index contributed by atoms with van der Waals surface area (Å²) in [5, 5.41) is 0.568. The van der Waals surface area contributed by atoms with E-state index >= 15 is 0 Å². The maximum Gasteiger partial charge on any atom is 0.133 e. The van der Waals surface area contributed by atoms with Gasteiger partial charge >= 0.3 is 0 Å². The number of pyridine rings is 2. The highest BCUT2D eigenvalue weighted by molar-refractivity contribution is 9.11. The van der Waals surface area contributed by atoms with Gasteiger partial charge < -0.3 is 9.64 Å². The van der Waals surface area contributed by atoms with E-state index in [1.807, 2.05) is 50.3 Å². The van der Waals surface area contributed by atoms with Crippen molar-refractivity contribution < 1.29 is 4.74 Å². The Morgan fingerprint density at radius 2 is 1.94 bits per heavy atom. The van der Waals surface area contributed by atoms with Crippen LogP contribution in [0.3, 0.4) is 0 Å². The van der Waals surface area contributed by atoms with E-state index in [4.69, 9.17) is 16.3 Å². The third-order valence-corrected chi connectivity index (χ3v) is 6.16. The molecule has 0 aliphatic carbocycles. The summed E-state index contributed by atoms with van der Waals surface area (Å²) in [5.41, 5.74) is 5.25. The number of hydrogen-bond donors (Lipinski definition) is 0. The molecule has 1 aliphatic heterocycles.